The van der Waals surface area contributed by atoms with Crippen LogP contribution in [-0.4, -0.2) is 20.2 Å². The third kappa shape index (κ3) is 2.32. The van der Waals surface area contributed by atoms with Gasteiger partial charge in [-0.1, -0.05) is 19.1 Å². The van der Waals surface area contributed by atoms with Crippen molar-refractivity contribution in [1.29, 1.82) is 0 Å². The molecule has 15 heavy (non-hydrogen) atoms. The van der Waals surface area contributed by atoms with Crippen LogP contribution in [0.25, 0.3) is 0 Å². The SMILES string of the molecule is CCc1ccc(OC)c(CC2CNC2)c1. The maximum atomic E-state index is 5.39. The van der Waals surface area contributed by atoms with Gasteiger partial charge in [0.05, 0.1) is 7.11 Å². The molecule has 1 aromatic carbocycles. The van der Waals surface area contributed by atoms with E-state index in [4.69, 9.17) is 4.74 Å². The molecule has 1 fully saturated rings. The fourth-order valence-electron chi connectivity index (χ4n) is 2.02. The summed E-state index contributed by atoms with van der Waals surface area (Å²) in [5, 5.41) is 3.31. The van der Waals surface area contributed by atoms with Gasteiger partial charge in [-0.2, -0.15) is 0 Å². The summed E-state index contributed by atoms with van der Waals surface area (Å²) in [6.07, 6.45) is 2.24. The monoisotopic (exact) mass is 205 g/mol. The average Bonchev–Trinajstić information content (AvgIpc) is 2.23. The molecule has 1 aliphatic rings. The Kier molecular flexibility index (Phi) is 3.27. The van der Waals surface area contributed by atoms with Gasteiger partial charge in [-0.05, 0) is 49.0 Å². The highest BCUT2D eigenvalue weighted by molar-refractivity contribution is 5.37. The Labute approximate surface area is 91.6 Å². The minimum Gasteiger partial charge on any atom is -0.496 e. The summed E-state index contributed by atoms with van der Waals surface area (Å²) < 4.78 is 5.39. The van der Waals surface area contributed by atoms with E-state index >= 15 is 0 Å². The quantitative estimate of drug-likeness (QED) is 0.812. The molecular weight excluding hydrogens is 186 g/mol. The lowest BCUT2D eigenvalue weighted by atomic mass is 9.92. The zero-order valence-corrected chi connectivity index (χ0v) is 9.55. The standard InChI is InChI=1S/C13H19NO/c1-3-10-4-5-13(15-2)12(6-10)7-11-8-14-9-11/h4-6,11,14H,3,7-9H2,1-2H3. The molecule has 2 nitrogen and oxygen atoms in total. The molecule has 0 amide bonds. The molecule has 0 atom stereocenters. The summed E-state index contributed by atoms with van der Waals surface area (Å²) in [7, 11) is 1.75. The van der Waals surface area contributed by atoms with Crippen molar-refractivity contribution in [3.05, 3.63) is 29.3 Å². The third-order valence-corrected chi connectivity index (χ3v) is 3.13. The van der Waals surface area contributed by atoms with Gasteiger partial charge in [0.25, 0.3) is 0 Å². The van der Waals surface area contributed by atoms with Crippen LogP contribution in [0.4, 0.5) is 0 Å². The number of benzene rings is 1. The van der Waals surface area contributed by atoms with Gasteiger partial charge in [-0.25, -0.2) is 0 Å². The number of hydrogen-bond donors (Lipinski definition) is 1. The van der Waals surface area contributed by atoms with Crippen LogP contribution in [-0.2, 0) is 12.8 Å². The van der Waals surface area contributed by atoms with Gasteiger partial charge in [0.2, 0.25) is 0 Å². The van der Waals surface area contributed by atoms with Crippen molar-refractivity contribution in [2.24, 2.45) is 5.92 Å². The summed E-state index contributed by atoms with van der Waals surface area (Å²) in [5.74, 6) is 1.84. The molecule has 0 aromatic heterocycles. The van der Waals surface area contributed by atoms with Crippen molar-refractivity contribution >= 4 is 0 Å². The Balaban J connectivity index is 2.16. The number of ether oxygens (including phenoxy) is 1. The molecule has 0 saturated carbocycles. The van der Waals surface area contributed by atoms with Crippen LogP contribution in [0.5, 0.6) is 5.75 Å². The van der Waals surface area contributed by atoms with Crippen LogP contribution in [0, 0.1) is 5.92 Å². The predicted molar refractivity (Wildman–Crippen MR) is 62.4 cm³/mol. The first-order valence-corrected chi connectivity index (χ1v) is 5.70. The third-order valence-electron chi connectivity index (χ3n) is 3.13. The smallest absolute Gasteiger partial charge is 0.122 e. The number of hydrogen-bond acceptors (Lipinski definition) is 2. The van der Waals surface area contributed by atoms with E-state index in [1.54, 1.807) is 7.11 Å². The summed E-state index contributed by atoms with van der Waals surface area (Å²) in [4.78, 5) is 0. The zero-order valence-electron chi connectivity index (χ0n) is 9.55. The van der Waals surface area contributed by atoms with Crippen molar-refractivity contribution < 1.29 is 4.74 Å². The van der Waals surface area contributed by atoms with E-state index in [9.17, 15) is 0 Å². The predicted octanol–water partition coefficient (Wildman–Crippen LogP) is 2.02. The van der Waals surface area contributed by atoms with Gasteiger partial charge in [-0.15, -0.1) is 0 Å². The van der Waals surface area contributed by atoms with Crippen molar-refractivity contribution in [3.63, 3.8) is 0 Å². The van der Waals surface area contributed by atoms with Crippen LogP contribution in [0.2, 0.25) is 0 Å². The van der Waals surface area contributed by atoms with E-state index < -0.39 is 0 Å². The summed E-state index contributed by atoms with van der Waals surface area (Å²) in [6.45, 7) is 4.50. The number of aryl methyl sites for hydroxylation is 1. The highest BCUT2D eigenvalue weighted by atomic mass is 16.5. The largest absolute Gasteiger partial charge is 0.496 e. The molecule has 1 heterocycles. The highest BCUT2D eigenvalue weighted by Gasteiger charge is 2.18. The molecule has 2 rings (SSSR count). The van der Waals surface area contributed by atoms with E-state index in [-0.39, 0.29) is 0 Å². The Morgan fingerprint density at radius 3 is 2.73 bits per heavy atom. The van der Waals surface area contributed by atoms with Crippen LogP contribution in [0.3, 0.4) is 0 Å². The molecule has 1 saturated heterocycles. The molecule has 0 spiro atoms. The van der Waals surface area contributed by atoms with E-state index in [1.807, 2.05) is 0 Å². The van der Waals surface area contributed by atoms with Gasteiger partial charge >= 0.3 is 0 Å². The van der Waals surface area contributed by atoms with Crippen LogP contribution >= 0.6 is 0 Å². The fourth-order valence-corrected chi connectivity index (χ4v) is 2.02. The molecule has 1 aromatic rings. The van der Waals surface area contributed by atoms with E-state index in [2.05, 4.69) is 30.4 Å². The number of methoxy groups -OCH3 is 1. The topological polar surface area (TPSA) is 21.3 Å². The van der Waals surface area contributed by atoms with Gasteiger partial charge in [0.15, 0.2) is 0 Å². The second-order valence-corrected chi connectivity index (χ2v) is 4.23. The minimum absolute atomic E-state index is 0.797. The normalized spacial score (nSPS) is 16.1. The van der Waals surface area contributed by atoms with Crippen molar-refractivity contribution in [1.82, 2.24) is 5.32 Å². The first-order chi connectivity index (χ1) is 7.33. The molecule has 1 N–H and O–H groups in total. The van der Waals surface area contributed by atoms with Crippen LogP contribution < -0.4 is 10.1 Å². The van der Waals surface area contributed by atoms with Crippen molar-refractivity contribution in [2.45, 2.75) is 19.8 Å². The molecule has 0 bridgehead atoms. The number of nitrogens with one attached hydrogen (secondary N) is 1. The number of rotatable bonds is 4. The van der Waals surface area contributed by atoms with E-state index in [1.165, 1.54) is 11.1 Å². The first kappa shape index (κ1) is 10.5. The Morgan fingerprint density at radius 1 is 1.40 bits per heavy atom. The Morgan fingerprint density at radius 2 is 2.20 bits per heavy atom. The summed E-state index contributed by atoms with van der Waals surface area (Å²) >= 11 is 0. The molecular formula is C13H19NO. The van der Waals surface area contributed by atoms with Gasteiger partial charge in [0.1, 0.15) is 5.75 Å². The average molecular weight is 205 g/mol. The Bertz CT molecular complexity index is 331. The van der Waals surface area contributed by atoms with Gasteiger partial charge < -0.3 is 10.1 Å². The lowest BCUT2D eigenvalue weighted by Gasteiger charge is -2.27. The summed E-state index contributed by atoms with van der Waals surface area (Å²) in [5.41, 5.74) is 2.77. The van der Waals surface area contributed by atoms with Gasteiger partial charge in [0, 0.05) is 0 Å². The van der Waals surface area contributed by atoms with Gasteiger partial charge in [-0.3, -0.25) is 0 Å². The lowest BCUT2D eigenvalue weighted by Crippen LogP contribution is -2.43. The highest BCUT2D eigenvalue weighted by Crippen LogP contribution is 2.24. The fraction of sp³-hybridized carbons (Fsp3) is 0.538. The van der Waals surface area contributed by atoms with Crippen molar-refractivity contribution in [3.8, 4) is 5.75 Å². The zero-order chi connectivity index (χ0) is 10.7. The van der Waals surface area contributed by atoms with Crippen LogP contribution in [0.1, 0.15) is 18.1 Å². The molecule has 82 valence electrons. The minimum atomic E-state index is 0.797. The first-order valence-electron chi connectivity index (χ1n) is 5.70. The van der Waals surface area contributed by atoms with E-state index in [0.717, 1.165) is 37.6 Å². The molecule has 0 unspecified atom stereocenters. The maximum Gasteiger partial charge on any atom is 0.122 e. The van der Waals surface area contributed by atoms with E-state index in [0.29, 0.717) is 0 Å². The second kappa shape index (κ2) is 4.67. The lowest BCUT2D eigenvalue weighted by molar-refractivity contribution is 0.338. The molecule has 0 radical (unpaired) electrons. The summed E-state index contributed by atoms with van der Waals surface area (Å²) in [6, 6.07) is 6.54. The Hall–Kier alpha value is -1.02. The molecule has 2 heteroatoms. The molecule has 1 aliphatic heterocycles. The maximum absolute atomic E-state index is 5.39. The second-order valence-electron chi connectivity index (χ2n) is 4.23. The molecule has 0 aliphatic carbocycles. The van der Waals surface area contributed by atoms with Crippen LogP contribution in [0.15, 0.2) is 18.2 Å². The van der Waals surface area contributed by atoms with Crippen molar-refractivity contribution in [2.75, 3.05) is 20.2 Å².